The number of hydrazine groups is 1. The van der Waals surface area contributed by atoms with Crippen molar-refractivity contribution in [3.63, 3.8) is 0 Å². The molecule has 0 spiro atoms. The predicted octanol–water partition coefficient (Wildman–Crippen LogP) is 3.07. The van der Waals surface area contributed by atoms with Crippen molar-refractivity contribution >= 4 is 35.6 Å². The molecule has 1 aromatic rings. The lowest BCUT2D eigenvalue weighted by molar-refractivity contribution is -0.154. The van der Waals surface area contributed by atoms with Gasteiger partial charge in [-0.25, -0.2) is 5.06 Å². The van der Waals surface area contributed by atoms with Crippen molar-refractivity contribution in [2.45, 2.75) is 64.8 Å². The Balaban J connectivity index is 1.71. The Labute approximate surface area is 211 Å². The minimum atomic E-state index is -0.690. The second-order valence-electron chi connectivity index (χ2n) is 9.38. The second kappa shape index (κ2) is 13.2. The molecule has 10 nitrogen and oxygen atoms in total. The summed E-state index contributed by atoms with van der Waals surface area (Å²) in [5.74, 6) is -1.57. The lowest BCUT2D eigenvalue weighted by Crippen LogP contribution is -2.42. The number of halogens is 2. The molecule has 2 aliphatic rings. The molecule has 3 rings (SSSR count). The number of nitrogens with zero attached hydrogens (tertiary/aromatic N) is 5. The number of rotatable bonds is 13. The molecule has 2 amide bonds. The fraction of sp³-hybridized carbons (Fsp3) is 0.739. The highest BCUT2D eigenvalue weighted by Gasteiger charge is 2.31. The van der Waals surface area contributed by atoms with Crippen LogP contribution in [0.5, 0.6) is 0 Å². The Bertz CT molecular complexity index is 855. The Morgan fingerprint density at radius 1 is 1.26 bits per heavy atom. The molecule has 0 unspecified atom stereocenters. The zero-order valence-corrected chi connectivity index (χ0v) is 21.3. The first-order chi connectivity index (χ1) is 16.9. The van der Waals surface area contributed by atoms with E-state index in [0.29, 0.717) is 23.9 Å². The van der Waals surface area contributed by atoms with E-state index in [2.05, 4.69) is 39.6 Å². The van der Waals surface area contributed by atoms with Gasteiger partial charge in [-0.15, -0.1) is 0 Å². The van der Waals surface area contributed by atoms with Gasteiger partial charge in [0.1, 0.15) is 0 Å². The molecule has 1 aliphatic carbocycles. The van der Waals surface area contributed by atoms with Crippen LogP contribution >= 0.6 is 11.6 Å². The molecular formula is C23H37ClFN7O3. The molecule has 1 aromatic heterocycles. The lowest BCUT2D eigenvalue weighted by atomic mass is 9.92. The molecule has 2 atom stereocenters. The Kier molecular flexibility index (Phi) is 10.3. The van der Waals surface area contributed by atoms with Crippen LogP contribution < -0.4 is 15.8 Å². The van der Waals surface area contributed by atoms with Gasteiger partial charge in [0, 0.05) is 19.1 Å². The van der Waals surface area contributed by atoms with Gasteiger partial charge in [0.25, 0.3) is 0 Å². The molecule has 2 heterocycles. The summed E-state index contributed by atoms with van der Waals surface area (Å²) in [6, 6.07) is 0.104. The number of hydrogen-bond donors (Lipinski definition) is 3. The normalized spacial score (nSPS) is 19.3. The summed E-state index contributed by atoms with van der Waals surface area (Å²) in [6.45, 7) is 7.32. The van der Waals surface area contributed by atoms with E-state index >= 15 is 4.39 Å². The number of aromatic nitrogens is 2. The van der Waals surface area contributed by atoms with E-state index in [1.807, 2.05) is 4.90 Å². The second-order valence-corrected chi connectivity index (χ2v) is 9.72. The molecular weight excluding hydrogens is 477 g/mol. The first kappa shape index (κ1) is 27.3. The summed E-state index contributed by atoms with van der Waals surface area (Å²) in [6.07, 6.45) is 6.86. The van der Waals surface area contributed by atoms with Crippen LogP contribution in [-0.4, -0.2) is 76.2 Å². The van der Waals surface area contributed by atoms with E-state index in [4.69, 9.17) is 11.6 Å². The van der Waals surface area contributed by atoms with E-state index in [9.17, 15) is 14.8 Å². The van der Waals surface area contributed by atoms with Gasteiger partial charge in [-0.3, -0.25) is 25.6 Å². The molecule has 0 radical (unpaired) electrons. The van der Waals surface area contributed by atoms with Crippen molar-refractivity contribution in [1.29, 1.82) is 0 Å². The zero-order chi connectivity index (χ0) is 25.4. The smallest absolute Gasteiger partial charge is 0.243 e. The highest BCUT2D eigenvalue weighted by atomic mass is 35.5. The van der Waals surface area contributed by atoms with Gasteiger partial charge < -0.3 is 9.80 Å². The van der Waals surface area contributed by atoms with Crippen molar-refractivity contribution in [1.82, 2.24) is 25.4 Å². The minimum absolute atomic E-state index is 0.104. The van der Waals surface area contributed by atoms with Gasteiger partial charge in [0.2, 0.25) is 23.4 Å². The van der Waals surface area contributed by atoms with Gasteiger partial charge in [0.05, 0.1) is 12.5 Å². The first-order valence-electron chi connectivity index (χ1n) is 12.5. The highest BCUT2D eigenvalue weighted by molar-refractivity contribution is 6.28. The zero-order valence-electron chi connectivity index (χ0n) is 20.6. The number of carbonyl (C=O) groups is 2. The number of carbonyl (C=O) groups excluding carboxylic acids is 2. The van der Waals surface area contributed by atoms with Crippen molar-refractivity contribution in [2.24, 2.45) is 11.8 Å². The van der Waals surface area contributed by atoms with Crippen LogP contribution in [0.25, 0.3) is 0 Å². The fourth-order valence-electron chi connectivity index (χ4n) is 5.17. The molecule has 196 valence electrons. The van der Waals surface area contributed by atoms with Crippen molar-refractivity contribution in [3.8, 4) is 0 Å². The number of hydrogen-bond acceptors (Lipinski definition) is 8. The van der Waals surface area contributed by atoms with Crippen molar-refractivity contribution in [2.75, 3.05) is 43.0 Å². The number of amides is 2. The summed E-state index contributed by atoms with van der Waals surface area (Å²) in [5, 5.41) is 9.99. The SMILES string of the molecule is CCN(CC)C[C@@H]1CCCN1c1nc(Cl)nc(NNC(=O)[C@@H](CC2CCCC2)CN(O)C=O)c1F. The quantitative estimate of drug-likeness (QED) is 0.160. The van der Waals surface area contributed by atoms with Gasteiger partial charge >= 0.3 is 0 Å². The average molecular weight is 514 g/mol. The van der Waals surface area contributed by atoms with E-state index < -0.39 is 17.6 Å². The molecule has 1 saturated carbocycles. The number of nitrogens with one attached hydrogen (secondary N) is 2. The first-order valence-corrected chi connectivity index (χ1v) is 12.9. The van der Waals surface area contributed by atoms with Gasteiger partial charge in [-0.1, -0.05) is 39.5 Å². The van der Waals surface area contributed by atoms with E-state index in [1.54, 1.807) is 0 Å². The maximum Gasteiger partial charge on any atom is 0.243 e. The van der Waals surface area contributed by atoms with Gasteiger partial charge in [0.15, 0.2) is 11.6 Å². The van der Waals surface area contributed by atoms with Crippen LogP contribution in [0.3, 0.4) is 0 Å². The third-order valence-electron chi connectivity index (χ3n) is 7.12. The minimum Gasteiger partial charge on any atom is -0.350 e. The van der Waals surface area contributed by atoms with Crippen LogP contribution in [-0.2, 0) is 9.59 Å². The highest BCUT2D eigenvalue weighted by Crippen LogP contribution is 2.32. The summed E-state index contributed by atoms with van der Waals surface area (Å²) < 4.78 is 15.5. The Morgan fingerprint density at radius 3 is 2.63 bits per heavy atom. The van der Waals surface area contributed by atoms with Gasteiger partial charge in [-0.2, -0.15) is 14.4 Å². The molecule has 1 saturated heterocycles. The molecule has 0 aromatic carbocycles. The largest absolute Gasteiger partial charge is 0.350 e. The molecule has 3 N–H and O–H groups in total. The fourth-order valence-corrected chi connectivity index (χ4v) is 5.34. The summed E-state index contributed by atoms with van der Waals surface area (Å²) in [4.78, 5) is 36.1. The summed E-state index contributed by atoms with van der Waals surface area (Å²) in [5.41, 5.74) is 5.05. The van der Waals surface area contributed by atoms with Crippen LogP contribution in [0.2, 0.25) is 5.28 Å². The van der Waals surface area contributed by atoms with E-state index in [-0.39, 0.29) is 35.9 Å². The van der Waals surface area contributed by atoms with E-state index in [0.717, 1.165) is 58.2 Å². The van der Waals surface area contributed by atoms with Crippen molar-refractivity contribution in [3.05, 3.63) is 11.1 Å². The average Bonchev–Trinajstić information content (AvgIpc) is 3.54. The van der Waals surface area contributed by atoms with Crippen LogP contribution in [0.1, 0.15) is 58.8 Å². The third kappa shape index (κ3) is 7.37. The Hall–Kier alpha value is -2.24. The van der Waals surface area contributed by atoms with Crippen LogP contribution in [0.15, 0.2) is 0 Å². The third-order valence-corrected chi connectivity index (χ3v) is 7.28. The van der Waals surface area contributed by atoms with Crippen LogP contribution in [0.4, 0.5) is 16.0 Å². The topological polar surface area (TPSA) is 114 Å². The standard InChI is InChI=1S/C23H37ClFN7O3/c1-3-30(4-2)14-18-10-7-11-32(18)21-19(25)20(26-23(24)27-21)28-29-22(34)17(13-31(35)15-33)12-16-8-5-6-9-16/h15-18,35H,3-14H2,1-2H3,(H,29,34)(H,26,27,28)/t17-,18-/m0/s1. The number of hydroxylamine groups is 2. The maximum absolute atomic E-state index is 15.5. The summed E-state index contributed by atoms with van der Waals surface area (Å²) in [7, 11) is 0. The molecule has 35 heavy (non-hydrogen) atoms. The lowest BCUT2D eigenvalue weighted by Gasteiger charge is -2.30. The monoisotopic (exact) mass is 513 g/mol. The van der Waals surface area contributed by atoms with Crippen LogP contribution in [0, 0.1) is 17.7 Å². The molecule has 0 bridgehead atoms. The number of anilines is 2. The molecule has 1 aliphatic heterocycles. The predicted molar refractivity (Wildman–Crippen MR) is 132 cm³/mol. The molecule has 12 heteroatoms. The summed E-state index contributed by atoms with van der Waals surface area (Å²) >= 11 is 6.13. The van der Waals surface area contributed by atoms with E-state index in [1.165, 1.54) is 0 Å². The van der Waals surface area contributed by atoms with Crippen molar-refractivity contribution < 1.29 is 19.2 Å². The van der Waals surface area contributed by atoms with Gasteiger partial charge in [-0.05, 0) is 49.9 Å². The maximum atomic E-state index is 15.5. The number of likely N-dealkylation sites (N-methyl/N-ethyl adjacent to an activating group) is 1. The Morgan fingerprint density at radius 2 is 1.97 bits per heavy atom. The molecule has 2 fully saturated rings.